The molecule has 3 aliphatic heterocycles. The van der Waals surface area contributed by atoms with Crippen LogP contribution in [0.1, 0.15) is 26.7 Å². The Morgan fingerprint density at radius 2 is 1.96 bits per heavy atom. The van der Waals surface area contributed by atoms with Crippen molar-refractivity contribution in [3.8, 4) is 0 Å². The van der Waals surface area contributed by atoms with Crippen molar-refractivity contribution in [1.82, 2.24) is 4.90 Å². The van der Waals surface area contributed by atoms with E-state index in [1.54, 1.807) is 0 Å². The minimum Gasteiger partial charge on any atom is -0.443 e. The van der Waals surface area contributed by atoms with Gasteiger partial charge >= 0.3 is 6.09 Å². The van der Waals surface area contributed by atoms with Crippen molar-refractivity contribution in [1.29, 1.82) is 0 Å². The van der Waals surface area contributed by atoms with Gasteiger partial charge in [-0.05, 0) is 49.9 Å². The molecule has 3 aliphatic rings. The van der Waals surface area contributed by atoms with Gasteiger partial charge in [0.25, 0.3) is 0 Å². The van der Waals surface area contributed by atoms with Crippen LogP contribution in [0.4, 0.5) is 10.5 Å². The number of nitrogens with zero attached hydrogens (tertiary/aromatic N) is 2. The summed E-state index contributed by atoms with van der Waals surface area (Å²) in [5, 5.41) is 1.30. The molecule has 1 atom stereocenters. The molecule has 0 aliphatic carbocycles. The second kappa shape index (κ2) is 7.32. The van der Waals surface area contributed by atoms with Crippen LogP contribution in [0.2, 0.25) is 0 Å². The SMILES string of the molecule is CC(C)CON(C(=O)OC1CN2CCC1CC2)c1ccccc1. The lowest BCUT2D eigenvalue weighted by Crippen LogP contribution is -2.53. The van der Waals surface area contributed by atoms with Crippen molar-refractivity contribution in [3.63, 3.8) is 0 Å². The number of piperidine rings is 3. The smallest absolute Gasteiger partial charge is 0.439 e. The first kappa shape index (κ1) is 16.3. The van der Waals surface area contributed by atoms with Gasteiger partial charge in [0.05, 0.1) is 12.3 Å². The predicted molar refractivity (Wildman–Crippen MR) is 89.1 cm³/mol. The van der Waals surface area contributed by atoms with Gasteiger partial charge in [0.1, 0.15) is 6.10 Å². The van der Waals surface area contributed by atoms with Gasteiger partial charge in [0.2, 0.25) is 0 Å². The summed E-state index contributed by atoms with van der Waals surface area (Å²) in [4.78, 5) is 20.8. The summed E-state index contributed by atoms with van der Waals surface area (Å²) < 4.78 is 5.79. The summed E-state index contributed by atoms with van der Waals surface area (Å²) in [6.45, 7) is 7.70. The van der Waals surface area contributed by atoms with E-state index in [0.717, 1.165) is 32.5 Å². The normalized spacial score (nSPS) is 26.3. The van der Waals surface area contributed by atoms with Crippen LogP contribution in [-0.4, -0.2) is 43.3 Å². The topological polar surface area (TPSA) is 42.0 Å². The zero-order chi connectivity index (χ0) is 16.2. The minimum absolute atomic E-state index is 0.0149. The highest BCUT2D eigenvalue weighted by atomic mass is 16.7. The molecule has 3 fully saturated rings. The van der Waals surface area contributed by atoms with Crippen molar-refractivity contribution in [2.24, 2.45) is 11.8 Å². The van der Waals surface area contributed by atoms with Gasteiger partial charge in [-0.2, -0.15) is 5.06 Å². The van der Waals surface area contributed by atoms with E-state index in [-0.39, 0.29) is 6.10 Å². The molecule has 1 amide bonds. The minimum atomic E-state index is -0.407. The van der Waals surface area contributed by atoms with Crippen molar-refractivity contribution in [3.05, 3.63) is 30.3 Å². The summed E-state index contributed by atoms with van der Waals surface area (Å²) in [7, 11) is 0. The van der Waals surface area contributed by atoms with Gasteiger partial charge in [-0.25, -0.2) is 4.79 Å². The van der Waals surface area contributed by atoms with Gasteiger partial charge in [-0.15, -0.1) is 0 Å². The van der Waals surface area contributed by atoms with Crippen LogP contribution in [0, 0.1) is 11.8 Å². The fraction of sp³-hybridized carbons (Fsp3) is 0.611. The number of carbonyl (C=O) groups is 1. The van der Waals surface area contributed by atoms with Gasteiger partial charge < -0.3 is 4.74 Å². The molecule has 3 saturated heterocycles. The molecule has 0 N–H and O–H groups in total. The number of carbonyl (C=O) groups excluding carboxylic acids is 1. The van der Waals surface area contributed by atoms with E-state index in [1.807, 2.05) is 30.3 Å². The average Bonchev–Trinajstić information content (AvgIpc) is 2.57. The Labute approximate surface area is 138 Å². The number of anilines is 1. The third-order valence-corrected chi connectivity index (χ3v) is 4.54. The zero-order valence-corrected chi connectivity index (χ0v) is 14.0. The summed E-state index contributed by atoms with van der Waals surface area (Å²) in [5.41, 5.74) is 0.708. The van der Waals surface area contributed by atoms with Crippen LogP contribution in [0.15, 0.2) is 30.3 Å². The van der Waals surface area contributed by atoms with Gasteiger partial charge in [0, 0.05) is 6.54 Å². The van der Waals surface area contributed by atoms with Crippen LogP contribution in [0.3, 0.4) is 0 Å². The van der Waals surface area contributed by atoms with Crippen molar-refractivity contribution >= 4 is 11.8 Å². The number of hydrogen-bond acceptors (Lipinski definition) is 4. The number of benzene rings is 1. The number of amides is 1. The maximum atomic E-state index is 12.7. The van der Waals surface area contributed by atoms with E-state index in [2.05, 4.69) is 18.7 Å². The summed E-state index contributed by atoms with van der Waals surface area (Å²) in [5.74, 6) is 0.831. The summed E-state index contributed by atoms with van der Waals surface area (Å²) in [6.07, 6.45) is 1.82. The second-order valence-corrected chi connectivity index (χ2v) is 6.88. The molecular weight excluding hydrogens is 292 g/mol. The highest BCUT2D eigenvalue weighted by molar-refractivity contribution is 5.85. The fourth-order valence-electron chi connectivity index (χ4n) is 3.24. The van der Waals surface area contributed by atoms with E-state index in [1.165, 1.54) is 5.06 Å². The molecule has 23 heavy (non-hydrogen) atoms. The van der Waals surface area contributed by atoms with Gasteiger partial charge in [-0.3, -0.25) is 9.74 Å². The van der Waals surface area contributed by atoms with Gasteiger partial charge in [0.15, 0.2) is 0 Å². The number of ether oxygens (including phenoxy) is 1. The molecule has 1 unspecified atom stereocenters. The first-order valence-electron chi connectivity index (χ1n) is 8.54. The standard InChI is InChI=1S/C18H26N2O3/c1-14(2)13-22-20(16-6-4-3-5-7-16)18(21)23-17-12-19-10-8-15(17)9-11-19/h3-7,14-15,17H,8-13H2,1-2H3. The lowest BCUT2D eigenvalue weighted by atomic mass is 9.86. The number of fused-ring (bicyclic) bond motifs is 3. The zero-order valence-electron chi connectivity index (χ0n) is 14.0. The second-order valence-electron chi connectivity index (χ2n) is 6.88. The number of hydroxylamine groups is 1. The number of para-hydroxylation sites is 1. The molecule has 0 saturated carbocycles. The summed E-state index contributed by atoms with van der Waals surface area (Å²) in [6, 6.07) is 9.42. The molecule has 0 aromatic heterocycles. The molecule has 5 nitrogen and oxygen atoms in total. The first-order chi connectivity index (χ1) is 11.1. The highest BCUT2D eigenvalue weighted by Gasteiger charge is 2.37. The molecule has 126 valence electrons. The molecule has 3 heterocycles. The Hall–Kier alpha value is -1.59. The maximum absolute atomic E-state index is 12.7. The molecule has 0 radical (unpaired) electrons. The van der Waals surface area contributed by atoms with Crippen LogP contribution < -0.4 is 5.06 Å². The predicted octanol–water partition coefficient (Wildman–Crippen LogP) is 3.31. The van der Waals surface area contributed by atoms with E-state index in [9.17, 15) is 4.79 Å². The van der Waals surface area contributed by atoms with E-state index < -0.39 is 6.09 Å². The lowest BCUT2D eigenvalue weighted by Gasteiger charge is -2.44. The monoisotopic (exact) mass is 318 g/mol. The Morgan fingerprint density at radius 3 is 2.52 bits per heavy atom. The molecular formula is C18H26N2O3. The highest BCUT2D eigenvalue weighted by Crippen LogP contribution is 2.30. The van der Waals surface area contributed by atoms with Crippen molar-refractivity contribution in [2.75, 3.05) is 31.3 Å². The Balaban J connectivity index is 1.67. The average molecular weight is 318 g/mol. The molecule has 0 spiro atoms. The molecule has 1 aromatic carbocycles. The quantitative estimate of drug-likeness (QED) is 0.781. The molecule has 4 rings (SSSR count). The largest absolute Gasteiger partial charge is 0.443 e. The van der Waals surface area contributed by atoms with Crippen LogP contribution in [0.5, 0.6) is 0 Å². The molecule has 5 heteroatoms. The van der Waals surface area contributed by atoms with Crippen molar-refractivity contribution in [2.45, 2.75) is 32.8 Å². The maximum Gasteiger partial charge on any atom is 0.439 e. The fourth-order valence-corrected chi connectivity index (χ4v) is 3.24. The van der Waals surface area contributed by atoms with E-state index in [0.29, 0.717) is 24.1 Å². The first-order valence-corrected chi connectivity index (χ1v) is 8.54. The Bertz CT molecular complexity index is 512. The van der Waals surface area contributed by atoms with Crippen molar-refractivity contribution < 1.29 is 14.4 Å². The third kappa shape index (κ3) is 4.03. The Morgan fingerprint density at radius 1 is 1.26 bits per heavy atom. The number of hydrogen-bond donors (Lipinski definition) is 0. The van der Waals surface area contributed by atoms with E-state index in [4.69, 9.17) is 9.57 Å². The molecule has 1 aromatic rings. The lowest BCUT2D eigenvalue weighted by molar-refractivity contribution is -0.0416. The van der Waals surface area contributed by atoms with Crippen LogP contribution in [-0.2, 0) is 9.57 Å². The number of rotatable bonds is 5. The van der Waals surface area contributed by atoms with Gasteiger partial charge in [-0.1, -0.05) is 32.0 Å². The van der Waals surface area contributed by atoms with Crippen LogP contribution in [0.25, 0.3) is 0 Å². The van der Waals surface area contributed by atoms with Crippen LogP contribution >= 0.6 is 0 Å². The molecule has 2 bridgehead atoms. The third-order valence-electron chi connectivity index (χ3n) is 4.54. The Kier molecular flexibility index (Phi) is 5.18. The van der Waals surface area contributed by atoms with E-state index >= 15 is 0 Å². The summed E-state index contributed by atoms with van der Waals surface area (Å²) >= 11 is 0.